The lowest BCUT2D eigenvalue weighted by atomic mass is 9.57. The Labute approximate surface area is 138 Å². The number of aromatic hydroxyl groups is 1. The topological polar surface area (TPSA) is 55.8 Å². The van der Waals surface area contributed by atoms with E-state index < -0.39 is 11.0 Å². The number of hydrogen-bond donors (Lipinski definition) is 1. The van der Waals surface area contributed by atoms with Crippen molar-refractivity contribution in [2.75, 3.05) is 14.2 Å². The second kappa shape index (κ2) is 6.52. The summed E-state index contributed by atoms with van der Waals surface area (Å²) in [6.07, 6.45) is 3.23. The Morgan fingerprint density at radius 2 is 2.00 bits per heavy atom. The Balaban J connectivity index is 2.75. The van der Waals surface area contributed by atoms with Crippen LogP contribution in [0.25, 0.3) is 0 Å². The summed E-state index contributed by atoms with van der Waals surface area (Å²) in [5, 5.41) is 10.8. The fourth-order valence-electron chi connectivity index (χ4n) is 4.11. The van der Waals surface area contributed by atoms with Crippen LogP contribution in [0.15, 0.2) is 12.1 Å². The first-order valence-electron chi connectivity index (χ1n) is 8.35. The number of rotatable bonds is 6. The molecule has 0 heterocycles. The molecule has 0 saturated carbocycles. The number of aryl methyl sites for hydroxylation is 1. The monoisotopic (exact) mass is 320 g/mol. The number of fused-ring (bicyclic) bond motifs is 1. The van der Waals surface area contributed by atoms with Crippen LogP contribution >= 0.6 is 0 Å². The summed E-state index contributed by atoms with van der Waals surface area (Å²) in [6, 6.07) is 3.80. The van der Waals surface area contributed by atoms with Crippen LogP contribution in [0.4, 0.5) is 0 Å². The molecule has 0 bridgehead atoms. The van der Waals surface area contributed by atoms with Crippen molar-refractivity contribution in [1.82, 2.24) is 0 Å². The SMILES string of the molecule is CCC(=O)C[C@]1(CC)c2c(ccc(OC)c2O)CC[C@@]1(C)OC. The van der Waals surface area contributed by atoms with Gasteiger partial charge in [0.15, 0.2) is 11.5 Å². The van der Waals surface area contributed by atoms with Crippen molar-refractivity contribution in [1.29, 1.82) is 0 Å². The molecule has 0 fully saturated rings. The molecule has 1 aromatic rings. The van der Waals surface area contributed by atoms with Gasteiger partial charge in [0, 0.05) is 30.9 Å². The minimum atomic E-state index is -0.541. The van der Waals surface area contributed by atoms with Gasteiger partial charge in [-0.2, -0.15) is 0 Å². The standard InChI is InChI=1S/C19H28O4/c1-6-14(20)12-19(7-2)16-13(10-11-18(19,3)23-5)8-9-15(22-4)17(16)21/h8-9,21H,6-7,10-12H2,1-5H3/t18-,19-/m1/s1. The number of carbonyl (C=O) groups is 1. The van der Waals surface area contributed by atoms with Crippen LogP contribution in [-0.4, -0.2) is 30.7 Å². The molecule has 0 aromatic heterocycles. The molecule has 1 aliphatic carbocycles. The summed E-state index contributed by atoms with van der Waals surface area (Å²) >= 11 is 0. The lowest BCUT2D eigenvalue weighted by molar-refractivity contribution is -0.127. The van der Waals surface area contributed by atoms with E-state index in [4.69, 9.17) is 9.47 Å². The second-order valence-electron chi connectivity index (χ2n) is 6.59. The van der Waals surface area contributed by atoms with E-state index in [0.717, 1.165) is 30.4 Å². The maximum absolute atomic E-state index is 12.4. The van der Waals surface area contributed by atoms with E-state index in [1.54, 1.807) is 20.3 Å². The summed E-state index contributed by atoms with van der Waals surface area (Å²) in [5.41, 5.74) is 0.880. The number of phenolic OH excluding ortho intramolecular Hbond substituents is 1. The Kier molecular flexibility index (Phi) is 5.04. The number of carbonyl (C=O) groups excluding carboxylic acids is 1. The van der Waals surface area contributed by atoms with E-state index in [1.165, 1.54) is 0 Å². The molecular weight excluding hydrogens is 292 g/mol. The molecule has 0 saturated heterocycles. The molecule has 0 amide bonds. The van der Waals surface area contributed by atoms with Gasteiger partial charge >= 0.3 is 0 Å². The number of ketones is 1. The Morgan fingerprint density at radius 1 is 1.30 bits per heavy atom. The van der Waals surface area contributed by atoms with Gasteiger partial charge in [0.1, 0.15) is 5.78 Å². The van der Waals surface area contributed by atoms with Crippen molar-refractivity contribution in [2.45, 2.75) is 63.9 Å². The molecule has 2 atom stereocenters. The molecular formula is C19H28O4. The van der Waals surface area contributed by atoms with Crippen LogP contribution in [0.2, 0.25) is 0 Å². The lowest BCUT2D eigenvalue weighted by Crippen LogP contribution is -2.54. The number of Topliss-reactive ketones (excluding diaryl/α,β-unsaturated/α-hetero) is 1. The van der Waals surface area contributed by atoms with E-state index in [-0.39, 0.29) is 11.5 Å². The first-order valence-corrected chi connectivity index (χ1v) is 8.35. The highest BCUT2D eigenvalue weighted by molar-refractivity contribution is 5.80. The van der Waals surface area contributed by atoms with Crippen LogP contribution in [0.5, 0.6) is 11.5 Å². The highest BCUT2D eigenvalue weighted by Crippen LogP contribution is 2.55. The zero-order chi connectivity index (χ0) is 17.3. The van der Waals surface area contributed by atoms with Gasteiger partial charge in [0.25, 0.3) is 0 Å². The Hall–Kier alpha value is -1.55. The van der Waals surface area contributed by atoms with Gasteiger partial charge in [-0.15, -0.1) is 0 Å². The number of hydrogen-bond acceptors (Lipinski definition) is 4. The predicted molar refractivity (Wildman–Crippen MR) is 90.3 cm³/mol. The van der Waals surface area contributed by atoms with Crippen molar-refractivity contribution in [3.63, 3.8) is 0 Å². The fourth-order valence-corrected chi connectivity index (χ4v) is 4.11. The van der Waals surface area contributed by atoms with E-state index in [9.17, 15) is 9.90 Å². The summed E-state index contributed by atoms with van der Waals surface area (Å²) < 4.78 is 11.2. The molecule has 4 nitrogen and oxygen atoms in total. The minimum absolute atomic E-state index is 0.152. The number of methoxy groups -OCH3 is 2. The van der Waals surface area contributed by atoms with Gasteiger partial charge in [-0.05, 0) is 37.8 Å². The van der Waals surface area contributed by atoms with Crippen molar-refractivity contribution in [2.24, 2.45) is 0 Å². The van der Waals surface area contributed by atoms with Gasteiger partial charge in [-0.1, -0.05) is 19.9 Å². The van der Waals surface area contributed by atoms with Crippen molar-refractivity contribution in [3.05, 3.63) is 23.3 Å². The molecule has 23 heavy (non-hydrogen) atoms. The molecule has 0 radical (unpaired) electrons. The number of benzene rings is 1. The van der Waals surface area contributed by atoms with Gasteiger partial charge in [0.2, 0.25) is 0 Å². The van der Waals surface area contributed by atoms with Crippen LogP contribution in [0.1, 0.15) is 57.6 Å². The predicted octanol–water partition coefficient (Wildman–Crippen LogP) is 3.77. The molecule has 128 valence electrons. The summed E-state index contributed by atoms with van der Waals surface area (Å²) in [4.78, 5) is 12.4. The smallest absolute Gasteiger partial charge is 0.161 e. The summed E-state index contributed by atoms with van der Waals surface area (Å²) in [6.45, 7) is 6.00. The summed E-state index contributed by atoms with van der Waals surface area (Å²) in [5.74, 6) is 0.787. The van der Waals surface area contributed by atoms with E-state index in [1.807, 2.05) is 13.0 Å². The molecule has 4 heteroatoms. The van der Waals surface area contributed by atoms with E-state index in [2.05, 4.69) is 13.8 Å². The third-order valence-corrected chi connectivity index (χ3v) is 5.76. The van der Waals surface area contributed by atoms with Crippen molar-refractivity contribution in [3.8, 4) is 11.5 Å². The fraction of sp³-hybridized carbons (Fsp3) is 0.632. The van der Waals surface area contributed by atoms with E-state index in [0.29, 0.717) is 18.6 Å². The second-order valence-corrected chi connectivity index (χ2v) is 6.59. The normalized spacial score (nSPS) is 26.7. The molecule has 1 N–H and O–H groups in total. The van der Waals surface area contributed by atoms with Gasteiger partial charge in [-0.25, -0.2) is 0 Å². The third kappa shape index (κ3) is 2.63. The van der Waals surface area contributed by atoms with Crippen LogP contribution in [0, 0.1) is 0 Å². The largest absolute Gasteiger partial charge is 0.504 e. The number of phenols is 1. The van der Waals surface area contributed by atoms with Gasteiger partial charge in [-0.3, -0.25) is 4.79 Å². The van der Waals surface area contributed by atoms with Crippen molar-refractivity contribution < 1.29 is 19.4 Å². The van der Waals surface area contributed by atoms with Crippen LogP contribution in [0.3, 0.4) is 0 Å². The van der Waals surface area contributed by atoms with Gasteiger partial charge in [0.05, 0.1) is 12.7 Å². The molecule has 1 aromatic carbocycles. The van der Waals surface area contributed by atoms with Gasteiger partial charge < -0.3 is 14.6 Å². The van der Waals surface area contributed by atoms with Crippen LogP contribution < -0.4 is 4.74 Å². The average Bonchev–Trinajstić information content (AvgIpc) is 2.57. The molecule has 0 aliphatic heterocycles. The Morgan fingerprint density at radius 3 is 2.52 bits per heavy atom. The van der Waals surface area contributed by atoms with E-state index >= 15 is 0 Å². The summed E-state index contributed by atoms with van der Waals surface area (Å²) in [7, 11) is 3.24. The zero-order valence-electron chi connectivity index (χ0n) is 14.9. The third-order valence-electron chi connectivity index (χ3n) is 5.76. The quantitative estimate of drug-likeness (QED) is 0.867. The number of ether oxygens (including phenoxy) is 2. The van der Waals surface area contributed by atoms with Crippen molar-refractivity contribution >= 4 is 5.78 Å². The highest BCUT2D eigenvalue weighted by atomic mass is 16.5. The molecule has 2 rings (SSSR count). The molecule has 0 unspecified atom stereocenters. The highest BCUT2D eigenvalue weighted by Gasteiger charge is 2.54. The van der Waals surface area contributed by atoms with Crippen LogP contribution in [-0.2, 0) is 21.4 Å². The zero-order valence-corrected chi connectivity index (χ0v) is 14.9. The average molecular weight is 320 g/mol. The minimum Gasteiger partial charge on any atom is -0.504 e. The maximum atomic E-state index is 12.4. The molecule has 1 aliphatic rings. The first kappa shape index (κ1) is 17.8. The first-order chi connectivity index (χ1) is 10.9. The molecule has 0 spiro atoms. The lowest BCUT2D eigenvalue weighted by Gasteiger charge is -2.52. The Bertz CT molecular complexity index is 595. The maximum Gasteiger partial charge on any atom is 0.161 e.